The molecule has 92 valence electrons. The summed E-state index contributed by atoms with van der Waals surface area (Å²) in [5, 5.41) is 11.9. The van der Waals surface area contributed by atoms with E-state index in [1.807, 2.05) is 6.92 Å². The van der Waals surface area contributed by atoms with Gasteiger partial charge in [0, 0.05) is 6.04 Å². The van der Waals surface area contributed by atoms with Gasteiger partial charge in [0.2, 0.25) is 0 Å². The second kappa shape index (κ2) is 5.04. The maximum absolute atomic E-state index is 8.75. The minimum Gasteiger partial charge on any atom is -0.409 e. The standard InChI is InChI=1S/C12H23N3O/c1-9(12(13)14-16)15-8-4-7-11(15)10-5-2-3-6-10/h9-11,16H,2-8H2,1H3,(H2,13,14). The molecule has 16 heavy (non-hydrogen) atoms. The van der Waals surface area contributed by atoms with Gasteiger partial charge in [-0.05, 0) is 45.1 Å². The smallest absolute Gasteiger partial charge is 0.156 e. The third-order valence-electron chi connectivity index (χ3n) is 4.33. The van der Waals surface area contributed by atoms with Crippen LogP contribution in [0.1, 0.15) is 45.4 Å². The Balaban J connectivity index is 2.02. The Morgan fingerprint density at radius 1 is 1.31 bits per heavy atom. The molecule has 0 amide bonds. The summed E-state index contributed by atoms with van der Waals surface area (Å²) in [4.78, 5) is 2.44. The fraction of sp³-hybridized carbons (Fsp3) is 0.917. The van der Waals surface area contributed by atoms with E-state index in [1.54, 1.807) is 0 Å². The van der Waals surface area contributed by atoms with Gasteiger partial charge < -0.3 is 10.9 Å². The lowest BCUT2D eigenvalue weighted by Crippen LogP contribution is -2.47. The zero-order chi connectivity index (χ0) is 11.5. The van der Waals surface area contributed by atoms with E-state index >= 15 is 0 Å². The number of oxime groups is 1. The van der Waals surface area contributed by atoms with Gasteiger partial charge in [0.05, 0.1) is 6.04 Å². The Morgan fingerprint density at radius 2 is 2.00 bits per heavy atom. The first kappa shape index (κ1) is 11.7. The van der Waals surface area contributed by atoms with E-state index in [4.69, 9.17) is 10.9 Å². The summed E-state index contributed by atoms with van der Waals surface area (Å²) >= 11 is 0. The van der Waals surface area contributed by atoms with Crippen molar-refractivity contribution in [2.24, 2.45) is 16.8 Å². The average Bonchev–Trinajstić information content (AvgIpc) is 2.95. The van der Waals surface area contributed by atoms with E-state index in [9.17, 15) is 0 Å². The summed E-state index contributed by atoms with van der Waals surface area (Å²) in [6, 6.07) is 0.746. The van der Waals surface area contributed by atoms with Gasteiger partial charge in [0.25, 0.3) is 0 Å². The van der Waals surface area contributed by atoms with Crippen LogP contribution in [-0.4, -0.2) is 34.6 Å². The fourth-order valence-electron chi connectivity index (χ4n) is 3.40. The molecule has 0 aromatic heterocycles. The van der Waals surface area contributed by atoms with Crippen molar-refractivity contribution in [2.75, 3.05) is 6.54 Å². The quantitative estimate of drug-likeness (QED) is 0.333. The third kappa shape index (κ3) is 2.17. The summed E-state index contributed by atoms with van der Waals surface area (Å²) in [5.74, 6) is 1.20. The summed E-state index contributed by atoms with van der Waals surface area (Å²) in [5.41, 5.74) is 5.72. The van der Waals surface area contributed by atoms with Crippen molar-refractivity contribution in [1.82, 2.24) is 4.90 Å². The van der Waals surface area contributed by atoms with E-state index in [0.717, 1.165) is 12.5 Å². The van der Waals surface area contributed by atoms with E-state index in [0.29, 0.717) is 11.9 Å². The van der Waals surface area contributed by atoms with Crippen LogP contribution in [0.25, 0.3) is 0 Å². The molecular formula is C12H23N3O. The Morgan fingerprint density at radius 3 is 2.62 bits per heavy atom. The molecule has 2 unspecified atom stereocenters. The molecule has 4 nitrogen and oxygen atoms in total. The van der Waals surface area contributed by atoms with Crippen molar-refractivity contribution >= 4 is 5.84 Å². The monoisotopic (exact) mass is 225 g/mol. The highest BCUT2D eigenvalue weighted by Gasteiger charge is 2.36. The first-order valence-corrected chi connectivity index (χ1v) is 6.47. The highest BCUT2D eigenvalue weighted by atomic mass is 16.4. The average molecular weight is 225 g/mol. The van der Waals surface area contributed by atoms with E-state index in [1.165, 1.54) is 38.5 Å². The van der Waals surface area contributed by atoms with Crippen LogP contribution >= 0.6 is 0 Å². The molecule has 2 atom stereocenters. The number of rotatable bonds is 3. The normalized spacial score (nSPS) is 31.1. The molecule has 4 heteroatoms. The molecule has 1 saturated heterocycles. The van der Waals surface area contributed by atoms with Gasteiger partial charge in [-0.3, -0.25) is 4.90 Å². The van der Waals surface area contributed by atoms with Crippen LogP contribution in [0.2, 0.25) is 0 Å². The molecule has 1 heterocycles. The molecule has 2 rings (SSSR count). The fourth-order valence-corrected chi connectivity index (χ4v) is 3.40. The molecule has 0 radical (unpaired) electrons. The molecule has 1 aliphatic heterocycles. The first-order chi connectivity index (χ1) is 7.74. The van der Waals surface area contributed by atoms with Crippen LogP contribution in [0.4, 0.5) is 0 Å². The van der Waals surface area contributed by atoms with Crippen LogP contribution < -0.4 is 5.73 Å². The van der Waals surface area contributed by atoms with E-state index in [2.05, 4.69) is 10.1 Å². The van der Waals surface area contributed by atoms with Crippen molar-refractivity contribution in [3.05, 3.63) is 0 Å². The number of hydrogen-bond donors (Lipinski definition) is 2. The molecule has 2 aliphatic rings. The second-order valence-electron chi connectivity index (χ2n) is 5.19. The molecule has 1 saturated carbocycles. The maximum atomic E-state index is 8.75. The van der Waals surface area contributed by atoms with Crippen molar-refractivity contribution in [3.8, 4) is 0 Å². The van der Waals surface area contributed by atoms with E-state index < -0.39 is 0 Å². The Kier molecular flexibility index (Phi) is 3.69. The van der Waals surface area contributed by atoms with Gasteiger partial charge in [-0.1, -0.05) is 18.0 Å². The molecule has 1 aliphatic carbocycles. The second-order valence-corrected chi connectivity index (χ2v) is 5.19. The zero-order valence-corrected chi connectivity index (χ0v) is 10.1. The maximum Gasteiger partial charge on any atom is 0.156 e. The van der Waals surface area contributed by atoms with Crippen LogP contribution in [0.3, 0.4) is 0 Å². The largest absolute Gasteiger partial charge is 0.409 e. The highest BCUT2D eigenvalue weighted by Crippen LogP contribution is 2.36. The predicted octanol–water partition coefficient (Wildman–Crippen LogP) is 1.78. The summed E-state index contributed by atoms with van der Waals surface area (Å²) in [6.45, 7) is 3.14. The summed E-state index contributed by atoms with van der Waals surface area (Å²) in [6.07, 6.45) is 8.03. The van der Waals surface area contributed by atoms with Crippen molar-refractivity contribution in [3.63, 3.8) is 0 Å². The Hall–Kier alpha value is -0.770. The van der Waals surface area contributed by atoms with Crippen LogP contribution in [0.5, 0.6) is 0 Å². The van der Waals surface area contributed by atoms with Gasteiger partial charge in [-0.15, -0.1) is 0 Å². The number of nitrogens with two attached hydrogens (primary N) is 1. The van der Waals surface area contributed by atoms with Crippen molar-refractivity contribution < 1.29 is 5.21 Å². The molecule has 0 aromatic carbocycles. The minimum atomic E-state index is 0.0816. The lowest BCUT2D eigenvalue weighted by molar-refractivity contribution is 0.171. The van der Waals surface area contributed by atoms with Crippen molar-refractivity contribution in [2.45, 2.75) is 57.5 Å². The topological polar surface area (TPSA) is 61.9 Å². The molecule has 0 aromatic rings. The van der Waals surface area contributed by atoms with Gasteiger partial charge in [0.1, 0.15) is 0 Å². The lowest BCUT2D eigenvalue weighted by atomic mass is 9.95. The molecular weight excluding hydrogens is 202 g/mol. The number of likely N-dealkylation sites (tertiary alicyclic amines) is 1. The summed E-state index contributed by atoms with van der Waals surface area (Å²) in [7, 11) is 0. The first-order valence-electron chi connectivity index (χ1n) is 6.47. The molecule has 0 bridgehead atoms. The van der Waals surface area contributed by atoms with Crippen LogP contribution in [-0.2, 0) is 0 Å². The third-order valence-corrected chi connectivity index (χ3v) is 4.33. The van der Waals surface area contributed by atoms with Gasteiger partial charge in [0.15, 0.2) is 5.84 Å². The summed E-state index contributed by atoms with van der Waals surface area (Å²) < 4.78 is 0. The van der Waals surface area contributed by atoms with Crippen LogP contribution in [0.15, 0.2) is 5.16 Å². The zero-order valence-electron chi connectivity index (χ0n) is 10.1. The van der Waals surface area contributed by atoms with Crippen molar-refractivity contribution in [1.29, 1.82) is 0 Å². The Bertz CT molecular complexity index is 261. The number of amidine groups is 1. The SMILES string of the molecule is CC(C(N)=NO)N1CCCC1C1CCCC1. The lowest BCUT2D eigenvalue weighted by Gasteiger charge is -2.33. The molecule has 0 spiro atoms. The van der Waals surface area contributed by atoms with E-state index in [-0.39, 0.29) is 6.04 Å². The molecule has 3 N–H and O–H groups in total. The molecule has 2 fully saturated rings. The number of nitrogens with zero attached hydrogens (tertiary/aromatic N) is 2. The minimum absolute atomic E-state index is 0.0816. The predicted molar refractivity (Wildman–Crippen MR) is 64.6 cm³/mol. The number of hydrogen-bond acceptors (Lipinski definition) is 3. The van der Waals surface area contributed by atoms with Gasteiger partial charge >= 0.3 is 0 Å². The van der Waals surface area contributed by atoms with Crippen LogP contribution in [0, 0.1) is 5.92 Å². The van der Waals surface area contributed by atoms with Gasteiger partial charge in [-0.25, -0.2) is 0 Å². The Labute approximate surface area is 97.5 Å². The highest BCUT2D eigenvalue weighted by molar-refractivity contribution is 5.84. The van der Waals surface area contributed by atoms with Gasteiger partial charge in [-0.2, -0.15) is 0 Å².